The fourth-order valence-electron chi connectivity index (χ4n) is 1.93. The Kier molecular flexibility index (Phi) is 5.24. The van der Waals surface area contributed by atoms with Gasteiger partial charge in [-0.15, -0.1) is 0 Å². The first-order chi connectivity index (χ1) is 10.4. The summed E-state index contributed by atoms with van der Waals surface area (Å²) in [6, 6.07) is 3.79. The Labute approximate surface area is 135 Å². The van der Waals surface area contributed by atoms with Crippen LogP contribution in [-0.2, 0) is 11.3 Å². The molecule has 0 aliphatic carbocycles. The van der Waals surface area contributed by atoms with Crippen molar-refractivity contribution in [1.29, 1.82) is 0 Å². The molecule has 0 saturated carbocycles. The number of carbonyl (C=O) groups excluding carboxylic acids is 1. The number of furan rings is 1. The van der Waals surface area contributed by atoms with Crippen LogP contribution < -0.4 is 0 Å². The van der Waals surface area contributed by atoms with Crippen molar-refractivity contribution < 1.29 is 9.21 Å². The van der Waals surface area contributed by atoms with Gasteiger partial charge in [0, 0.05) is 18.4 Å². The summed E-state index contributed by atoms with van der Waals surface area (Å²) >= 11 is 1.37. The van der Waals surface area contributed by atoms with Crippen LogP contribution in [0.3, 0.4) is 0 Å². The molecule has 2 rings (SSSR count). The van der Waals surface area contributed by atoms with Crippen molar-refractivity contribution in [2.24, 2.45) is 0 Å². The minimum absolute atomic E-state index is 0.0264. The number of carbonyl (C=O) groups is 1. The Morgan fingerprint density at radius 2 is 1.82 bits per heavy atom. The first-order valence-electron chi connectivity index (χ1n) is 7.10. The normalized spacial score (nSPS) is 10.8. The summed E-state index contributed by atoms with van der Waals surface area (Å²) in [5, 5.41) is 0.649. The highest BCUT2D eigenvalue weighted by atomic mass is 32.2. The summed E-state index contributed by atoms with van der Waals surface area (Å²) < 4.78 is 5.49. The van der Waals surface area contributed by atoms with Gasteiger partial charge in [0.25, 0.3) is 0 Å². The third-order valence-corrected chi connectivity index (χ3v) is 4.38. The van der Waals surface area contributed by atoms with Gasteiger partial charge in [-0.2, -0.15) is 0 Å². The summed E-state index contributed by atoms with van der Waals surface area (Å²) in [6.45, 7) is 8.28. The fraction of sp³-hybridized carbons (Fsp3) is 0.438. The maximum Gasteiger partial charge on any atom is 0.233 e. The molecule has 0 unspecified atom stereocenters. The van der Waals surface area contributed by atoms with E-state index in [0.29, 0.717) is 17.5 Å². The zero-order valence-corrected chi connectivity index (χ0v) is 14.5. The maximum absolute atomic E-state index is 12.2. The Balaban J connectivity index is 1.92. The minimum atomic E-state index is 0.0264. The number of rotatable bonds is 5. The van der Waals surface area contributed by atoms with Gasteiger partial charge < -0.3 is 9.32 Å². The van der Waals surface area contributed by atoms with E-state index in [1.807, 2.05) is 39.8 Å². The molecule has 22 heavy (non-hydrogen) atoms. The Morgan fingerprint density at radius 3 is 2.36 bits per heavy atom. The molecule has 2 aromatic heterocycles. The molecule has 0 saturated heterocycles. The Hall–Kier alpha value is -1.82. The van der Waals surface area contributed by atoms with Crippen LogP contribution in [0.25, 0.3) is 0 Å². The number of nitrogens with zero attached hydrogens (tertiary/aromatic N) is 3. The van der Waals surface area contributed by atoms with Crippen molar-refractivity contribution in [3.63, 3.8) is 0 Å². The van der Waals surface area contributed by atoms with Crippen molar-refractivity contribution in [2.45, 2.75) is 39.4 Å². The van der Waals surface area contributed by atoms with E-state index in [4.69, 9.17) is 4.42 Å². The van der Waals surface area contributed by atoms with Crippen LogP contribution in [0.1, 0.15) is 28.5 Å². The zero-order chi connectivity index (χ0) is 16.3. The third-order valence-electron chi connectivity index (χ3n) is 3.55. The monoisotopic (exact) mass is 319 g/mol. The molecule has 0 aromatic carbocycles. The maximum atomic E-state index is 12.2. The second-order valence-corrected chi connectivity index (χ2v) is 6.30. The number of amides is 1. The first kappa shape index (κ1) is 16.5. The molecule has 0 N–H and O–H groups in total. The zero-order valence-electron chi connectivity index (χ0n) is 13.6. The molecule has 0 fully saturated rings. The van der Waals surface area contributed by atoms with Gasteiger partial charge in [-0.3, -0.25) is 4.79 Å². The van der Waals surface area contributed by atoms with Crippen molar-refractivity contribution >= 4 is 17.7 Å². The predicted molar refractivity (Wildman–Crippen MR) is 86.9 cm³/mol. The lowest BCUT2D eigenvalue weighted by Gasteiger charge is -2.15. The summed E-state index contributed by atoms with van der Waals surface area (Å²) in [7, 11) is 1.77. The van der Waals surface area contributed by atoms with E-state index in [9.17, 15) is 4.79 Å². The molecule has 118 valence electrons. The molecule has 2 aromatic rings. The molecule has 1 amide bonds. The quantitative estimate of drug-likeness (QED) is 0.626. The molecular weight excluding hydrogens is 298 g/mol. The van der Waals surface area contributed by atoms with Crippen molar-refractivity contribution in [2.75, 3.05) is 12.8 Å². The third kappa shape index (κ3) is 4.10. The van der Waals surface area contributed by atoms with Gasteiger partial charge in [0.2, 0.25) is 5.91 Å². The molecule has 6 heteroatoms. The van der Waals surface area contributed by atoms with Crippen LogP contribution >= 0.6 is 11.8 Å². The van der Waals surface area contributed by atoms with Crippen molar-refractivity contribution in [3.8, 4) is 0 Å². The highest BCUT2D eigenvalue weighted by molar-refractivity contribution is 7.99. The lowest BCUT2D eigenvalue weighted by molar-refractivity contribution is -0.127. The van der Waals surface area contributed by atoms with Crippen molar-refractivity contribution in [1.82, 2.24) is 14.9 Å². The molecule has 2 heterocycles. The largest absolute Gasteiger partial charge is 0.464 e. The van der Waals surface area contributed by atoms with E-state index in [-0.39, 0.29) is 5.91 Å². The number of hydrogen-bond donors (Lipinski definition) is 0. The van der Waals surface area contributed by atoms with Crippen LogP contribution in [0, 0.1) is 27.7 Å². The summed E-state index contributed by atoms with van der Waals surface area (Å²) in [6.07, 6.45) is 0. The van der Waals surface area contributed by atoms with Crippen LogP contribution in [0.4, 0.5) is 0 Å². The smallest absolute Gasteiger partial charge is 0.233 e. The second-order valence-electron chi connectivity index (χ2n) is 5.35. The van der Waals surface area contributed by atoms with Crippen LogP contribution in [0.15, 0.2) is 21.7 Å². The van der Waals surface area contributed by atoms with Crippen LogP contribution in [-0.4, -0.2) is 33.6 Å². The van der Waals surface area contributed by atoms with E-state index in [2.05, 4.69) is 9.97 Å². The molecule has 0 atom stereocenters. The SMILES string of the molecule is Cc1ccc(CN(C)C(=O)CSc2nc(C)c(C)c(C)n2)o1. The van der Waals surface area contributed by atoms with Gasteiger partial charge in [0.15, 0.2) is 5.16 Å². The molecule has 0 spiro atoms. The van der Waals surface area contributed by atoms with E-state index in [0.717, 1.165) is 28.5 Å². The molecule has 0 aliphatic rings. The van der Waals surface area contributed by atoms with Gasteiger partial charge in [-0.25, -0.2) is 9.97 Å². The lowest BCUT2D eigenvalue weighted by atomic mass is 10.2. The van der Waals surface area contributed by atoms with Crippen LogP contribution in [0.5, 0.6) is 0 Å². The first-order valence-corrected chi connectivity index (χ1v) is 8.09. The van der Waals surface area contributed by atoms with E-state index in [1.165, 1.54) is 11.8 Å². The number of hydrogen-bond acceptors (Lipinski definition) is 5. The lowest BCUT2D eigenvalue weighted by Crippen LogP contribution is -2.27. The Morgan fingerprint density at radius 1 is 1.18 bits per heavy atom. The van der Waals surface area contributed by atoms with Gasteiger partial charge >= 0.3 is 0 Å². The molecule has 0 aliphatic heterocycles. The second kappa shape index (κ2) is 6.96. The average Bonchev–Trinajstić information content (AvgIpc) is 2.87. The van der Waals surface area contributed by atoms with Gasteiger partial charge in [-0.1, -0.05) is 11.8 Å². The number of aromatic nitrogens is 2. The predicted octanol–water partition coefficient (Wildman–Crippen LogP) is 3.05. The Bertz CT molecular complexity index is 659. The topological polar surface area (TPSA) is 59.2 Å². The summed E-state index contributed by atoms with van der Waals surface area (Å²) in [5.74, 6) is 1.98. The summed E-state index contributed by atoms with van der Waals surface area (Å²) in [5.41, 5.74) is 3.02. The average molecular weight is 319 g/mol. The highest BCUT2D eigenvalue weighted by Crippen LogP contribution is 2.18. The minimum Gasteiger partial charge on any atom is -0.464 e. The molecule has 0 bridgehead atoms. The van der Waals surface area contributed by atoms with Gasteiger partial charge in [0.05, 0.1) is 12.3 Å². The number of thioether (sulfide) groups is 1. The van der Waals surface area contributed by atoms with E-state index in [1.54, 1.807) is 11.9 Å². The van der Waals surface area contributed by atoms with Crippen LogP contribution in [0.2, 0.25) is 0 Å². The van der Waals surface area contributed by atoms with E-state index < -0.39 is 0 Å². The molecule has 0 radical (unpaired) electrons. The molecular formula is C16H21N3O2S. The van der Waals surface area contributed by atoms with E-state index >= 15 is 0 Å². The number of aryl methyl sites for hydroxylation is 3. The standard InChI is InChI=1S/C16H21N3O2S/c1-10-6-7-14(21-10)8-19(5)15(20)9-22-16-17-12(3)11(2)13(4)18-16/h6-7H,8-9H2,1-5H3. The highest BCUT2D eigenvalue weighted by Gasteiger charge is 2.13. The molecule has 5 nitrogen and oxygen atoms in total. The van der Waals surface area contributed by atoms with Gasteiger partial charge in [-0.05, 0) is 45.4 Å². The van der Waals surface area contributed by atoms with Crippen molar-refractivity contribution in [3.05, 3.63) is 40.6 Å². The van der Waals surface area contributed by atoms with Gasteiger partial charge in [0.1, 0.15) is 11.5 Å². The summed E-state index contributed by atoms with van der Waals surface area (Å²) in [4.78, 5) is 22.7. The fourth-order valence-corrected chi connectivity index (χ4v) is 2.81.